The fraction of sp³-hybridized carbons (Fsp3) is 0.357. The third kappa shape index (κ3) is 3.37. The van der Waals surface area contributed by atoms with Gasteiger partial charge in [0.25, 0.3) is 0 Å². The number of anilines is 3. The molecule has 0 spiro atoms. The summed E-state index contributed by atoms with van der Waals surface area (Å²) in [6.07, 6.45) is 1.65. The van der Waals surface area contributed by atoms with Gasteiger partial charge < -0.3 is 19.7 Å². The van der Waals surface area contributed by atoms with Gasteiger partial charge in [0.15, 0.2) is 5.82 Å². The van der Waals surface area contributed by atoms with Crippen LogP contribution in [0.4, 0.5) is 17.5 Å². The van der Waals surface area contributed by atoms with Gasteiger partial charge in [0.2, 0.25) is 5.95 Å². The van der Waals surface area contributed by atoms with Crippen molar-refractivity contribution in [1.29, 1.82) is 0 Å². The summed E-state index contributed by atoms with van der Waals surface area (Å²) in [5.74, 6) is 1.82. The maximum atomic E-state index is 6.11. The highest BCUT2D eigenvalue weighted by atomic mass is 35.5. The highest BCUT2D eigenvalue weighted by Crippen LogP contribution is 2.28. The van der Waals surface area contributed by atoms with Gasteiger partial charge in [-0.05, 0) is 18.2 Å². The fourth-order valence-electron chi connectivity index (χ4n) is 2.17. The van der Waals surface area contributed by atoms with E-state index in [2.05, 4.69) is 25.4 Å². The lowest BCUT2D eigenvalue weighted by Crippen LogP contribution is -2.36. The van der Waals surface area contributed by atoms with Crippen LogP contribution in [0.15, 0.2) is 24.4 Å². The number of morpholine rings is 1. The van der Waals surface area contributed by atoms with Crippen molar-refractivity contribution < 1.29 is 9.47 Å². The normalized spacial score (nSPS) is 14.7. The molecule has 1 saturated heterocycles. The predicted molar refractivity (Wildman–Crippen MR) is 84.1 cm³/mol. The minimum absolute atomic E-state index is 0.422. The second kappa shape index (κ2) is 6.76. The Morgan fingerprint density at radius 2 is 2.14 bits per heavy atom. The highest BCUT2D eigenvalue weighted by Gasteiger charge is 2.14. The highest BCUT2D eigenvalue weighted by molar-refractivity contribution is 6.32. The van der Waals surface area contributed by atoms with E-state index in [1.165, 1.54) is 0 Å². The molecule has 1 aromatic heterocycles. The van der Waals surface area contributed by atoms with E-state index in [1.807, 2.05) is 6.07 Å². The Hall–Kier alpha value is -2.12. The number of ether oxygens (including phenoxy) is 2. The van der Waals surface area contributed by atoms with Gasteiger partial charge in [-0.15, -0.1) is 5.10 Å². The van der Waals surface area contributed by atoms with E-state index in [1.54, 1.807) is 25.4 Å². The molecule has 0 atom stereocenters. The van der Waals surface area contributed by atoms with Gasteiger partial charge in [0, 0.05) is 18.8 Å². The van der Waals surface area contributed by atoms with Crippen LogP contribution in [-0.4, -0.2) is 48.6 Å². The lowest BCUT2D eigenvalue weighted by molar-refractivity contribution is 0.122. The van der Waals surface area contributed by atoms with Gasteiger partial charge in [0.05, 0.1) is 31.5 Å². The van der Waals surface area contributed by atoms with Crippen molar-refractivity contribution in [1.82, 2.24) is 15.2 Å². The third-order valence-corrected chi connectivity index (χ3v) is 3.58. The lowest BCUT2D eigenvalue weighted by Gasteiger charge is -2.27. The molecular formula is C14H16ClN5O2. The average Bonchev–Trinajstić information content (AvgIpc) is 2.56. The summed E-state index contributed by atoms with van der Waals surface area (Å²) in [6, 6.07) is 5.38. The van der Waals surface area contributed by atoms with E-state index in [4.69, 9.17) is 21.1 Å². The number of halogens is 1. The first-order valence-electron chi connectivity index (χ1n) is 6.89. The number of nitrogens with zero attached hydrogens (tertiary/aromatic N) is 4. The Bertz CT molecular complexity index is 649. The number of aromatic nitrogens is 3. The Labute approximate surface area is 133 Å². The second-order valence-corrected chi connectivity index (χ2v) is 5.12. The van der Waals surface area contributed by atoms with Crippen LogP contribution in [0.2, 0.25) is 5.02 Å². The molecule has 0 saturated carbocycles. The van der Waals surface area contributed by atoms with Crippen molar-refractivity contribution in [3.8, 4) is 5.75 Å². The lowest BCUT2D eigenvalue weighted by atomic mass is 10.3. The van der Waals surface area contributed by atoms with Crippen molar-refractivity contribution >= 4 is 29.1 Å². The van der Waals surface area contributed by atoms with Crippen LogP contribution in [0.25, 0.3) is 0 Å². The number of rotatable bonds is 4. The van der Waals surface area contributed by atoms with Gasteiger partial charge >= 0.3 is 0 Å². The Kier molecular flexibility index (Phi) is 4.55. The zero-order valence-corrected chi connectivity index (χ0v) is 12.9. The molecule has 1 aromatic carbocycles. The number of hydrogen-bond donors (Lipinski definition) is 1. The number of benzene rings is 1. The van der Waals surface area contributed by atoms with Crippen molar-refractivity contribution in [3.63, 3.8) is 0 Å². The van der Waals surface area contributed by atoms with Crippen molar-refractivity contribution in [2.45, 2.75) is 0 Å². The first kappa shape index (κ1) is 14.8. The molecule has 7 nitrogen and oxygen atoms in total. The average molecular weight is 322 g/mol. The Morgan fingerprint density at radius 3 is 2.86 bits per heavy atom. The summed E-state index contributed by atoms with van der Waals surface area (Å²) in [6.45, 7) is 2.99. The Balaban J connectivity index is 1.76. The molecule has 116 valence electrons. The molecule has 0 aliphatic carbocycles. The maximum Gasteiger partial charge on any atom is 0.249 e. The largest absolute Gasteiger partial charge is 0.495 e. The van der Waals surface area contributed by atoms with Crippen molar-refractivity contribution in [2.24, 2.45) is 0 Å². The SMILES string of the molecule is COc1ccc(Nc2nncc(N3CCOCC3)n2)cc1Cl. The number of nitrogens with one attached hydrogen (secondary N) is 1. The molecule has 0 bridgehead atoms. The zero-order chi connectivity index (χ0) is 15.4. The van der Waals surface area contributed by atoms with E-state index < -0.39 is 0 Å². The van der Waals surface area contributed by atoms with Gasteiger partial charge in [0.1, 0.15) is 5.75 Å². The van der Waals surface area contributed by atoms with Crippen LogP contribution in [-0.2, 0) is 4.74 Å². The first-order valence-corrected chi connectivity index (χ1v) is 7.27. The Morgan fingerprint density at radius 1 is 1.32 bits per heavy atom. The molecule has 1 fully saturated rings. The minimum Gasteiger partial charge on any atom is -0.495 e. The van der Waals surface area contributed by atoms with Crippen LogP contribution in [0, 0.1) is 0 Å². The van der Waals surface area contributed by atoms with Crippen LogP contribution in [0.3, 0.4) is 0 Å². The monoisotopic (exact) mass is 321 g/mol. The molecule has 0 unspecified atom stereocenters. The summed E-state index contributed by atoms with van der Waals surface area (Å²) >= 11 is 6.11. The number of methoxy groups -OCH3 is 1. The molecule has 0 amide bonds. The van der Waals surface area contributed by atoms with Gasteiger partial charge in [-0.2, -0.15) is 10.1 Å². The second-order valence-electron chi connectivity index (χ2n) is 4.71. The molecule has 1 N–H and O–H groups in total. The summed E-state index contributed by atoms with van der Waals surface area (Å²) in [5.41, 5.74) is 0.770. The molecule has 2 heterocycles. The van der Waals surface area contributed by atoms with Crippen LogP contribution in [0.1, 0.15) is 0 Å². The van der Waals surface area contributed by atoms with Gasteiger partial charge in [-0.25, -0.2) is 0 Å². The summed E-state index contributed by atoms with van der Waals surface area (Å²) in [4.78, 5) is 6.59. The van der Waals surface area contributed by atoms with Gasteiger partial charge in [-0.1, -0.05) is 11.6 Å². The van der Waals surface area contributed by atoms with Gasteiger partial charge in [-0.3, -0.25) is 0 Å². The van der Waals surface area contributed by atoms with E-state index in [0.717, 1.165) is 24.6 Å². The molecule has 1 aliphatic rings. The summed E-state index contributed by atoms with van der Waals surface area (Å²) in [5, 5.41) is 11.6. The molecule has 22 heavy (non-hydrogen) atoms. The molecule has 3 rings (SSSR count). The quantitative estimate of drug-likeness (QED) is 0.924. The smallest absolute Gasteiger partial charge is 0.249 e. The first-order chi connectivity index (χ1) is 10.8. The summed E-state index contributed by atoms with van der Waals surface area (Å²) < 4.78 is 10.5. The third-order valence-electron chi connectivity index (χ3n) is 3.29. The van der Waals surface area contributed by atoms with E-state index >= 15 is 0 Å². The molecule has 0 radical (unpaired) electrons. The van der Waals surface area contributed by atoms with E-state index in [9.17, 15) is 0 Å². The summed E-state index contributed by atoms with van der Waals surface area (Å²) in [7, 11) is 1.58. The fourth-order valence-corrected chi connectivity index (χ4v) is 2.42. The predicted octanol–water partition coefficient (Wildman–Crippen LogP) is 2.11. The van der Waals surface area contributed by atoms with Crippen LogP contribution < -0.4 is 15.0 Å². The van der Waals surface area contributed by atoms with Crippen molar-refractivity contribution in [3.05, 3.63) is 29.4 Å². The standard InChI is InChI=1S/C14H16ClN5O2/c1-21-12-3-2-10(8-11(12)15)17-14-18-13(9-16-19-14)20-4-6-22-7-5-20/h2-3,8-9H,4-7H2,1H3,(H,17,18,19). The topological polar surface area (TPSA) is 72.4 Å². The van der Waals surface area contributed by atoms with E-state index in [0.29, 0.717) is 29.9 Å². The van der Waals surface area contributed by atoms with Crippen molar-refractivity contribution in [2.75, 3.05) is 43.6 Å². The van der Waals surface area contributed by atoms with Crippen LogP contribution in [0.5, 0.6) is 5.75 Å². The molecule has 8 heteroatoms. The minimum atomic E-state index is 0.422. The maximum absolute atomic E-state index is 6.11. The molecule has 1 aliphatic heterocycles. The number of hydrogen-bond acceptors (Lipinski definition) is 7. The van der Waals surface area contributed by atoms with E-state index in [-0.39, 0.29) is 0 Å². The molecule has 2 aromatic rings. The molecular weight excluding hydrogens is 306 g/mol. The zero-order valence-electron chi connectivity index (χ0n) is 12.1. The van der Waals surface area contributed by atoms with Crippen LogP contribution >= 0.6 is 11.6 Å².